The maximum Gasteiger partial charge on any atom is 0.407 e. The van der Waals surface area contributed by atoms with Gasteiger partial charge in [0.25, 0.3) is 0 Å². The first-order chi connectivity index (χ1) is 10.7. The number of carbonyl (C=O) groups is 1. The molecule has 1 atom stereocenters. The molecule has 0 aromatic heterocycles. The van der Waals surface area contributed by atoms with Crippen molar-refractivity contribution in [3.8, 4) is 5.75 Å². The lowest BCUT2D eigenvalue weighted by molar-refractivity contribution is 0.0522. The molecule has 1 amide bonds. The van der Waals surface area contributed by atoms with Crippen molar-refractivity contribution in [3.05, 3.63) is 28.2 Å². The maximum absolute atomic E-state index is 11.7. The van der Waals surface area contributed by atoms with Gasteiger partial charge >= 0.3 is 6.09 Å². The quantitative estimate of drug-likeness (QED) is 0.746. The molecule has 0 saturated heterocycles. The van der Waals surface area contributed by atoms with Gasteiger partial charge in [0.1, 0.15) is 11.4 Å². The average molecular weight is 387 g/mol. The smallest absolute Gasteiger partial charge is 0.407 e. The SMILES string of the molecule is CCC(CNC(=O)OC(C)(C)C)NCc1cc(Br)ccc1OC. The molecule has 0 bridgehead atoms. The highest BCUT2D eigenvalue weighted by Gasteiger charge is 2.17. The Labute approximate surface area is 147 Å². The van der Waals surface area contributed by atoms with E-state index < -0.39 is 11.7 Å². The topological polar surface area (TPSA) is 59.6 Å². The van der Waals surface area contributed by atoms with Crippen molar-refractivity contribution in [1.82, 2.24) is 10.6 Å². The van der Waals surface area contributed by atoms with Gasteiger partial charge < -0.3 is 20.1 Å². The molecular weight excluding hydrogens is 360 g/mol. The number of hydrogen-bond acceptors (Lipinski definition) is 4. The zero-order chi connectivity index (χ0) is 17.5. The highest BCUT2D eigenvalue weighted by atomic mass is 79.9. The number of nitrogens with one attached hydrogen (secondary N) is 2. The van der Waals surface area contributed by atoms with E-state index in [-0.39, 0.29) is 6.04 Å². The zero-order valence-corrected chi connectivity index (χ0v) is 16.1. The summed E-state index contributed by atoms with van der Waals surface area (Å²) in [5, 5.41) is 6.24. The van der Waals surface area contributed by atoms with Crippen LogP contribution in [0.15, 0.2) is 22.7 Å². The van der Waals surface area contributed by atoms with Crippen LogP contribution in [0.3, 0.4) is 0 Å². The summed E-state index contributed by atoms with van der Waals surface area (Å²) in [6.45, 7) is 8.80. The first kappa shape index (κ1) is 19.8. The third kappa shape index (κ3) is 7.70. The lowest BCUT2D eigenvalue weighted by Gasteiger charge is -2.22. The molecule has 0 fully saturated rings. The second-order valence-corrected chi connectivity index (χ2v) is 7.24. The van der Waals surface area contributed by atoms with Gasteiger partial charge in [0, 0.05) is 29.2 Å². The Balaban J connectivity index is 2.51. The van der Waals surface area contributed by atoms with Gasteiger partial charge in [0.15, 0.2) is 0 Å². The van der Waals surface area contributed by atoms with Crippen molar-refractivity contribution in [2.75, 3.05) is 13.7 Å². The fourth-order valence-corrected chi connectivity index (χ4v) is 2.43. The van der Waals surface area contributed by atoms with Gasteiger partial charge in [-0.3, -0.25) is 0 Å². The summed E-state index contributed by atoms with van der Waals surface area (Å²) in [7, 11) is 1.66. The molecule has 2 N–H and O–H groups in total. The molecule has 0 saturated carbocycles. The summed E-state index contributed by atoms with van der Waals surface area (Å²) < 4.78 is 11.6. The Kier molecular flexibility index (Phi) is 7.85. The van der Waals surface area contributed by atoms with E-state index in [0.717, 1.165) is 22.2 Å². The third-order valence-corrected chi connectivity index (χ3v) is 3.70. The van der Waals surface area contributed by atoms with Crippen LogP contribution >= 0.6 is 15.9 Å². The summed E-state index contributed by atoms with van der Waals surface area (Å²) in [4.78, 5) is 11.7. The van der Waals surface area contributed by atoms with E-state index >= 15 is 0 Å². The first-order valence-corrected chi connectivity index (χ1v) is 8.57. The molecular formula is C17H27BrN2O3. The molecule has 1 aromatic carbocycles. The van der Waals surface area contributed by atoms with Gasteiger partial charge in [-0.05, 0) is 45.4 Å². The van der Waals surface area contributed by atoms with E-state index in [9.17, 15) is 4.79 Å². The van der Waals surface area contributed by atoms with E-state index in [1.54, 1.807) is 7.11 Å². The van der Waals surface area contributed by atoms with Crippen molar-refractivity contribution in [1.29, 1.82) is 0 Å². The molecule has 6 heteroatoms. The lowest BCUT2D eigenvalue weighted by Crippen LogP contribution is -2.42. The molecule has 1 unspecified atom stereocenters. The van der Waals surface area contributed by atoms with Crippen molar-refractivity contribution in [3.63, 3.8) is 0 Å². The van der Waals surface area contributed by atoms with E-state index in [2.05, 4.69) is 33.5 Å². The molecule has 1 rings (SSSR count). The zero-order valence-electron chi connectivity index (χ0n) is 14.5. The number of benzene rings is 1. The van der Waals surface area contributed by atoms with E-state index in [4.69, 9.17) is 9.47 Å². The summed E-state index contributed by atoms with van der Waals surface area (Å²) >= 11 is 3.47. The third-order valence-electron chi connectivity index (χ3n) is 3.21. The van der Waals surface area contributed by atoms with Crippen LogP contribution in [-0.2, 0) is 11.3 Å². The number of alkyl carbamates (subject to hydrolysis) is 1. The molecule has 130 valence electrons. The van der Waals surface area contributed by atoms with Gasteiger partial charge in [-0.25, -0.2) is 4.79 Å². The van der Waals surface area contributed by atoms with Crippen LogP contribution in [0.5, 0.6) is 5.75 Å². The van der Waals surface area contributed by atoms with E-state index in [1.165, 1.54) is 0 Å². The minimum Gasteiger partial charge on any atom is -0.496 e. The fraction of sp³-hybridized carbons (Fsp3) is 0.588. The molecule has 23 heavy (non-hydrogen) atoms. The van der Waals surface area contributed by atoms with Crippen molar-refractivity contribution < 1.29 is 14.3 Å². The molecule has 5 nitrogen and oxygen atoms in total. The minimum absolute atomic E-state index is 0.159. The summed E-state index contributed by atoms with van der Waals surface area (Å²) in [6, 6.07) is 6.07. The molecule has 0 radical (unpaired) electrons. The van der Waals surface area contributed by atoms with Gasteiger partial charge in [-0.15, -0.1) is 0 Å². The van der Waals surface area contributed by atoms with Crippen LogP contribution in [0.1, 0.15) is 39.7 Å². The molecule has 0 spiro atoms. The van der Waals surface area contributed by atoms with Crippen LogP contribution < -0.4 is 15.4 Å². The minimum atomic E-state index is -0.483. The summed E-state index contributed by atoms with van der Waals surface area (Å²) in [5.74, 6) is 0.843. The standard InChI is InChI=1S/C17H27BrN2O3/c1-6-14(11-20-16(21)23-17(2,3)4)19-10-12-9-13(18)7-8-15(12)22-5/h7-9,14,19H,6,10-11H2,1-5H3,(H,20,21). The van der Waals surface area contributed by atoms with Crippen LogP contribution in [0.2, 0.25) is 0 Å². The monoisotopic (exact) mass is 386 g/mol. The number of amides is 1. The van der Waals surface area contributed by atoms with Gasteiger partial charge in [0.2, 0.25) is 0 Å². The Bertz CT molecular complexity index is 515. The Morgan fingerprint density at radius 1 is 1.35 bits per heavy atom. The van der Waals surface area contributed by atoms with E-state index in [0.29, 0.717) is 13.1 Å². The Hall–Kier alpha value is -1.27. The number of carbonyl (C=O) groups excluding carboxylic acids is 1. The first-order valence-electron chi connectivity index (χ1n) is 7.77. The molecule has 0 heterocycles. The van der Waals surface area contributed by atoms with Crippen LogP contribution in [0, 0.1) is 0 Å². The largest absolute Gasteiger partial charge is 0.496 e. The number of ether oxygens (including phenoxy) is 2. The highest BCUT2D eigenvalue weighted by molar-refractivity contribution is 9.10. The van der Waals surface area contributed by atoms with Gasteiger partial charge in [-0.2, -0.15) is 0 Å². The molecule has 0 aliphatic rings. The van der Waals surface area contributed by atoms with Crippen molar-refractivity contribution >= 4 is 22.0 Å². The fourth-order valence-electron chi connectivity index (χ4n) is 2.02. The lowest BCUT2D eigenvalue weighted by atomic mass is 10.1. The average Bonchev–Trinajstić information content (AvgIpc) is 2.45. The Morgan fingerprint density at radius 2 is 2.04 bits per heavy atom. The van der Waals surface area contributed by atoms with Gasteiger partial charge in [-0.1, -0.05) is 22.9 Å². The number of methoxy groups -OCH3 is 1. The maximum atomic E-state index is 11.7. The molecule has 0 aliphatic carbocycles. The van der Waals surface area contributed by atoms with Crippen molar-refractivity contribution in [2.24, 2.45) is 0 Å². The predicted octanol–water partition coefficient (Wildman–Crippen LogP) is 3.85. The number of halogens is 1. The number of hydrogen-bond donors (Lipinski definition) is 2. The highest BCUT2D eigenvalue weighted by Crippen LogP contribution is 2.22. The van der Waals surface area contributed by atoms with Crippen LogP contribution in [-0.4, -0.2) is 31.4 Å². The summed E-state index contributed by atoms with van der Waals surface area (Å²) in [6.07, 6.45) is 0.504. The summed E-state index contributed by atoms with van der Waals surface area (Å²) in [5.41, 5.74) is 0.584. The van der Waals surface area contributed by atoms with E-state index in [1.807, 2.05) is 39.0 Å². The second kappa shape index (κ2) is 9.13. The molecule has 1 aromatic rings. The molecule has 0 aliphatic heterocycles. The van der Waals surface area contributed by atoms with Crippen molar-refractivity contribution in [2.45, 2.75) is 52.3 Å². The Morgan fingerprint density at radius 3 is 2.61 bits per heavy atom. The number of rotatable bonds is 7. The second-order valence-electron chi connectivity index (χ2n) is 6.33. The predicted molar refractivity (Wildman–Crippen MR) is 95.8 cm³/mol. The normalized spacial score (nSPS) is 12.6. The van der Waals surface area contributed by atoms with Crippen LogP contribution in [0.4, 0.5) is 4.79 Å². The van der Waals surface area contributed by atoms with Crippen LogP contribution in [0.25, 0.3) is 0 Å². The van der Waals surface area contributed by atoms with Gasteiger partial charge in [0.05, 0.1) is 7.11 Å².